The maximum absolute atomic E-state index is 5.02. The van der Waals surface area contributed by atoms with Crippen LogP contribution in [0, 0.1) is 0 Å². The van der Waals surface area contributed by atoms with Crippen molar-refractivity contribution in [3.05, 3.63) is 130 Å². The third-order valence-electron chi connectivity index (χ3n) is 13.3. The van der Waals surface area contributed by atoms with Crippen LogP contribution in [0.15, 0.2) is 97.1 Å². The summed E-state index contributed by atoms with van der Waals surface area (Å²) in [5.41, 5.74) is 14.4. The average Bonchev–Trinajstić information content (AvgIpc) is 3.70. The predicted octanol–water partition coefficient (Wildman–Crippen LogP) is 13.9. The van der Waals surface area contributed by atoms with Gasteiger partial charge in [-0.05, 0) is 0 Å². The molecule has 0 saturated heterocycles. The molecule has 4 aromatic carbocycles. The summed E-state index contributed by atoms with van der Waals surface area (Å²) in [7, 11) is 0. The van der Waals surface area contributed by atoms with Gasteiger partial charge in [-0.25, -0.2) is 0 Å². The van der Waals surface area contributed by atoms with Gasteiger partial charge >= 0.3 is 297 Å². The first-order valence-electron chi connectivity index (χ1n) is 19.1. The van der Waals surface area contributed by atoms with Crippen LogP contribution in [0.3, 0.4) is 0 Å². The minimum atomic E-state index is -5.02. The van der Waals surface area contributed by atoms with Crippen LogP contribution in [0.25, 0.3) is 34.4 Å². The summed E-state index contributed by atoms with van der Waals surface area (Å²) in [5, 5.41) is 0. The summed E-state index contributed by atoms with van der Waals surface area (Å²) in [4.78, 5) is 0. The normalized spacial score (nSPS) is 19.5. The topological polar surface area (TPSA) is 0 Å². The molecule has 0 heterocycles. The molecule has 0 N–H and O–H groups in total. The van der Waals surface area contributed by atoms with Crippen molar-refractivity contribution in [2.75, 3.05) is 0 Å². The van der Waals surface area contributed by atoms with Crippen molar-refractivity contribution in [2.24, 2.45) is 0 Å². The molecule has 2 aliphatic rings. The monoisotopic (exact) mass is 834 g/mol. The Kier molecular flexibility index (Phi) is 8.30. The van der Waals surface area contributed by atoms with Gasteiger partial charge in [-0.1, -0.05) is 0 Å². The molecule has 6 rings (SSSR count). The fraction of sp³-hybridized carbons (Fsp3) is 0.404. The van der Waals surface area contributed by atoms with E-state index in [1.165, 1.54) is 74.4 Å². The summed E-state index contributed by atoms with van der Waals surface area (Å²) in [6.45, 7) is 18.8. The summed E-state index contributed by atoms with van der Waals surface area (Å²) in [5.74, 6) is 0. The molecule has 0 nitrogen and oxygen atoms in total. The molecule has 0 bridgehead atoms. The molecule has 0 aliphatic heterocycles. The average molecular weight is 834 g/mol. The van der Waals surface area contributed by atoms with Gasteiger partial charge in [-0.15, -0.1) is 0 Å². The fourth-order valence-corrected chi connectivity index (χ4v) is 49.0. The number of benzene rings is 4. The molecule has 0 saturated carbocycles. The molecule has 0 spiro atoms. The van der Waals surface area contributed by atoms with Gasteiger partial charge in [-0.2, -0.15) is 0 Å². The minimum absolute atomic E-state index is 0.115. The van der Waals surface area contributed by atoms with Crippen LogP contribution >= 0.6 is 0 Å². The van der Waals surface area contributed by atoms with E-state index in [1.807, 2.05) is 0 Å². The van der Waals surface area contributed by atoms with Gasteiger partial charge in [0.2, 0.25) is 0 Å². The van der Waals surface area contributed by atoms with E-state index in [9.17, 15) is 0 Å². The van der Waals surface area contributed by atoms with Crippen LogP contribution in [-0.4, -0.2) is 6.94 Å². The zero-order chi connectivity index (χ0) is 35.6. The Morgan fingerprint density at radius 1 is 0.571 bits per heavy atom. The molecule has 0 aromatic heterocycles. The van der Waals surface area contributed by atoms with Gasteiger partial charge in [0.05, 0.1) is 0 Å². The van der Waals surface area contributed by atoms with Crippen molar-refractivity contribution in [2.45, 2.75) is 111 Å². The quantitative estimate of drug-likeness (QED) is 0.116. The number of hydrogen-bond donors (Lipinski definition) is 0. The van der Waals surface area contributed by atoms with E-state index < -0.39 is 14.2 Å². The van der Waals surface area contributed by atoms with Crippen LogP contribution in [0.2, 0.25) is 18.2 Å². The van der Waals surface area contributed by atoms with Gasteiger partial charge < -0.3 is 0 Å². The SMILES string of the molecule is CCCCC[CH2][Hf]([CH3])([CH3])([CH3])(=[SiH2])([CH]1C=Cc2c(-c3cccc(C(C)(C)C)c3)cccc21)[CH]1C=Cc2c(-c3cccc(C(C)(C)C)c3)cccc21. The molecule has 2 atom stereocenters. The van der Waals surface area contributed by atoms with Gasteiger partial charge in [0, 0.05) is 0 Å². The van der Waals surface area contributed by atoms with Gasteiger partial charge in [0.1, 0.15) is 0 Å². The summed E-state index contributed by atoms with van der Waals surface area (Å²) >= 11 is -5.02. The first kappa shape index (κ1) is 36.2. The maximum atomic E-state index is 2.86. The molecule has 0 fully saturated rings. The summed E-state index contributed by atoms with van der Waals surface area (Å²) < 4.78 is 10.7. The molecule has 2 heteroatoms. The van der Waals surface area contributed by atoms with Crippen molar-refractivity contribution in [1.82, 2.24) is 0 Å². The van der Waals surface area contributed by atoms with Crippen LogP contribution in [0.4, 0.5) is 0 Å². The molecule has 0 radical (unpaired) electrons. The van der Waals surface area contributed by atoms with Crippen LogP contribution in [-0.2, 0) is 25.0 Å². The first-order valence-corrected chi connectivity index (χ1v) is 44.9. The predicted molar refractivity (Wildman–Crippen MR) is 220 cm³/mol. The van der Waals surface area contributed by atoms with Crippen LogP contribution in [0.5, 0.6) is 0 Å². The second-order valence-electron chi connectivity index (χ2n) is 21.3. The third kappa shape index (κ3) is 6.22. The van der Waals surface area contributed by atoms with E-state index >= 15 is 0 Å². The van der Waals surface area contributed by atoms with E-state index in [2.05, 4.69) is 179 Å². The molecule has 2 unspecified atom stereocenters. The Bertz CT molecular complexity index is 1980. The van der Waals surface area contributed by atoms with E-state index in [1.54, 1.807) is 11.1 Å². The number of hydrogen-bond acceptors (Lipinski definition) is 0. The van der Waals surface area contributed by atoms with Crippen LogP contribution < -0.4 is 0 Å². The van der Waals surface area contributed by atoms with Crippen LogP contribution in [0.1, 0.15) is 115 Å². The molecule has 2 aliphatic carbocycles. The summed E-state index contributed by atoms with van der Waals surface area (Å²) in [6, 6.07) is 33.0. The summed E-state index contributed by atoms with van der Waals surface area (Å²) in [6.07, 6.45) is 15.6. The van der Waals surface area contributed by atoms with Crippen molar-refractivity contribution in [1.29, 1.82) is 0 Å². The van der Waals surface area contributed by atoms with Crippen molar-refractivity contribution >= 4 is 19.1 Å². The number of unbranched alkanes of at least 4 members (excludes halogenated alkanes) is 3. The van der Waals surface area contributed by atoms with Gasteiger partial charge in [0.15, 0.2) is 0 Å². The molecule has 258 valence electrons. The molecular formula is C47H62HfSi. The third-order valence-corrected chi connectivity index (χ3v) is 59.3. The van der Waals surface area contributed by atoms with E-state index in [0.29, 0.717) is 7.35 Å². The standard InChI is InChI=1S/2C19H19.C6H13.3CH3.Hf.H2Si/c2*1-19(2,3)16-10-4-9-15(13-16)18-12-6-8-14-7-5-11-17(14)18;1-3-5-6-4-2;;;;;/h2*4-13H,1-3H3;1,3-6H2,2H3;3*1H3;;1H2. The first-order chi connectivity index (χ1) is 22.7. The Balaban J connectivity index is 1.53. The second-order valence-corrected chi connectivity index (χ2v) is 103. The fourth-order valence-electron chi connectivity index (χ4n) is 9.91. The van der Waals surface area contributed by atoms with Crippen molar-refractivity contribution in [3.63, 3.8) is 0 Å². The zero-order valence-corrected chi connectivity index (χ0v) is 37.3. The van der Waals surface area contributed by atoms with Gasteiger partial charge in [-0.3, -0.25) is 0 Å². The number of allylic oxidation sites excluding steroid dienone is 2. The molecule has 4 aromatic rings. The zero-order valence-electron chi connectivity index (χ0n) is 32.3. The molecule has 0 amide bonds. The Labute approximate surface area is 294 Å². The Morgan fingerprint density at radius 2 is 1.00 bits per heavy atom. The molecule has 49 heavy (non-hydrogen) atoms. The van der Waals surface area contributed by atoms with Gasteiger partial charge in [0.25, 0.3) is 0 Å². The van der Waals surface area contributed by atoms with Crippen molar-refractivity contribution < 1.29 is 14.2 Å². The number of fused-ring (bicyclic) bond motifs is 2. The Morgan fingerprint density at radius 3 is 1.41 bits per heavy atom. The molecular weight excluding hydrogens is 771 g/mol. The Hall–Kier alpha value is -2.55. The van der Waals surface area contributed by atoms with E-state index in [4.69, 9.17) is 0 Å². The van der Waals surface area contributed by atoms with Crippen molar-refractivity contribution in [3.8, 4) is 22.3 Å². The van der Waals surface area contributed by atoms with E-state index in [0.717, 1.165) is 0 Å². The van der Waals surface area contributed by atoms with E-state index in [-0.39, 0.29) is 10.8 Å². The number of rotatable bonds is 9. The second kappa shape index (κ2) is 11.2.